The summed E-state index contributed by atoms with van der Waals surface area (Å²) in [6, 6.07) is 0.738. The normalized spacial score (nSPS) is 31.1. The first-order valence-corrected chi connectivity index (χ1v) is 5.83. The molecule has 1 aliphatic heterocycles. The van der Waals surface area contributed by atoms with Crippen LogP contribution in [0.15, 0.2) is 0 Å². The third-order valence-electron chi connectivity index (χ3n) is 3.29. The molecule has 4 heteroatoms. The smallest absolute Gasteiger partial charge is 0.332 e. The van der Waals surface area contributed by atoms with Crippen LogP contribution in [-0.2, 0) is 9.53 Å². The summed E-state index contributed by atoms with van der Waals surface area (Å²) in [6.45, 7) is 4.11. The number of carboxylic acid groups (broad SMARTS) is 1. The first-order valence-electron chi connectivity index (χ1n) is 5.83. The fourth-order valence-corrected chi connectivity index (χ4v) is 2.26. The molecule has 4 nitrogen and oxygen atoms in total. The summed E-state index contributed by atoms with van der Waals surface area (Å²) in [5, 5.41) is 8.81. The number of hydrogen-bond donors (Lipinski definition) is 1. The highest BCUT2D eigenvalue weighted by Crippen LogP contribution is 2.29. The van der Waals surface area contributed by atoms with Gasteiger partial charge in [0.25, 0.3) is 0 Å². The van der Waals surface area contributed by atoms with E-state index in [1.54, 1.807) is 0 Å². The van der Waals surface area contributed by atoms with Crippen LogP contribution in [-0.4, -0.2) is 47.3 Å². The van der Waals surface area contributed by atoms with Crippen molar-refractivity contribution in [1.82, 2.24) is 4.90 Å². The predicted molar refractivity (Wildman–Crippen MR) is 55.8 cm³/mol. The van der Waals surface area contributed by atoms with Crippen LogP contribution in [0.3, 0.4) is 0 Å². The summed E-state index contributed by atoms with van der Waals surface area (Å²) >= 11 is 0. The Morgan fingerprint density at radius 3 is 2.60 bits per heavy atom. The first-order chi connectivity index (χ1) is 7.20. The van der Waals surface area contributed by atoms with E-state index in [1.165, 1.54) is 12.8 Å². The van der Waals surface area contributed by atoms with Gasteiger partial charge in [0.1, 0.15) is 0 Å². The molecule has 1 aliphatic carbocycles. The molecule has 0 aromatic rings. The second-order valence-electron chi connectivity index (χ2n) is 4.48. The van der Waals surface area contributed by atoms with Crippen molar-refractivity contribution >= 4 is 5.97 Å². The van der Waals surface area contributed by atoms with E-state index in [-0.39, 0.29) is 6.10 Å². The molecule has 0 aromatic heterocycles. The summed E-state index contributed by atoms with van der Waals surface area (Å²) in [7, 11) is 0. The van der Waals surface area contributed by atoms with Gasteiger partial charge in [-0.3, -0.25) is 4.90 Å². The van der Waals surface area contributed by atoms with Crippen LogP contribution in [0, 0.1) is 0 Å². The summed E-state index contributed by atoms with van der Waals surface area (Å²) in [6.07, 6.45) is 3.72. The maximum atomic E-state index is 10.7. The average molecular weight is 213 g/mol. The molecule has 1 saturated carbocycles. The number of carboxylic acids is 1. The fourth-order valence-electron chi connectivity index (χ4n) is 2.26. The zero-order valence-electron chi connectivity index (χ0n) is 9.19. The minimum atomic E-state index is -0.813. The minimum Gasteiger partial charge on any atom is -0.479 e. The number of aliphatic carboxylic acids is 1. The van der Waals surface area contributed by atoms with Crippen molar-refractivity contribution in [3.05, 3.63) is 0 Å². The highest BCUT2D eigenvalue weighted by Gasteiger charge is 2.34. The molecule has 0 aromatic carbocycles. The molecule has 1 N–H and O–H groups in total. The van der Waals surface area contributed by atoms with Crippen molar-refractivity contribution in [3.8, 4) is 0 Å². The lowest BCUT2D eigenvalue weighted by Gasteiger charge is -2.23. The van der Waals surface area contributed by atoms with Crippen molar-refractivity contribution < 1.29 is 14.6 Å². The van der Waals surface area contributed by atoms with Gasteiger partial charge in [0.2, 0.25) is 0 Å². The van der Waals surface area contributed by atoms with Gasteiger partial charge >= 0.3 is 5.97 Å². The molecule has 1 heterocycles. The molecule has 1 saturated heterocycles. The van der Waals surface area contributed by atoms with E-state index >= 15 is 0 Å². The van der Waals surface area contributed by atoms with E-state index in [9.17, 15) is 4.79 Å². The maximum absolute atomic E-state index is 10.7. The van der Waals surface area contributed by atoms with Crippen molar-refractivity contribution in [1.29, 1.82) is 0 Å². The molecule has 2 unspecified atom stereocenters. The molecule has 0 bridgehead atoms. The summed E-state index contributed by atoms with van der Waals surface area (Å²) in [5.41, 5.74) is 0. The second-order valence-corrected chi connectivity index (χ2v) is 4.48. The monoisotopic (exact) mass is 213 g/mol. The Labute approximate surface area is 90.2 Å². The third-order valence-corrected chi connectivity index (χ3v) is 3.29. The highest BCUT2D eigenvalue weighted by atomic mass is 16.5. The predicted octanol–water partition coefficient (Wildman–Crippen LogP) is 1.10. The van der Waals surface area contributed by atoms with Crippen LogP contribution in [0.2, 0.25) is 0 Å². The van der Waals surface area contributed by atoms with Gasteiger partial charge in [-0.05, 0) is 32.2 Å². The van der Waals surface area contributed by atoms with E-state index < -0.39 is 12.1 Å². The Morgan fingerprint density at radius 2 is 2.13 bits per heavy atom. The summed E-state index contributed by atoms with van der Waals surface area (Å²) < 4.78 is 5.49. The van der Waals surface area contributed by atoms with Gasteiger partial charge in [-0.1, -0.05) is 6.92 Å². The van der Waals surface area contributed by atoms with E-state index in [4.69, 9.17) is 9.84 Å². The van der Waals surface area contributed by atoms with Gasteiger partial charge in [-0.15, -0.1) is 0 Å². The molecule has 15 heavy (non-hydrogen) atoms. The number of rotatable bonds is 5. The summed E-state index contributed by atoms with van der Waals surface area (Å²) in [4.78, 5) is 13.1. The van der Waals surface area contributed by atoms with E-state index in [1.807, 2.05) is 0 Å². The van der Waals surface area contributed by atoms with Crippen molar-refractivity contribution in [3.63, 3.8) is 0 Å². The lowest BCUT2D eigenvalue weighted by Crippen LogP contribution is -2.34. The molecule has 86 valence electrons. The Hall–Kier alpha value is -0.610. The summed E-state index contributed by atoms with van der Waals surface area (Å²) in [5.74, 6) is -0.813. The molecular weight excluding hydrogens is 194 g/mol. The standard InChI is InChI=1S/C11H19NO3/c1-2-12(8-3-4-8)7-9-5-6-10(15-9)11(13)14/h8-10H,2-7H2,1H3,(H,13,14). The SMILES string of the molecule is CCN(CC1CCC(C(=O)O)O1)C1CC1. The maximum Gasteiger partial charge on any atom is 0.332 e. The number of nitrogens with zero attached hydrogens (tertiary/aromatic N) is 1. The fraction of sp³-hybridized carbons (Fsp3) is 0.909. The van der Waals surface area contributed by atoms with E-state index in [0.717, 1.165) is 25.6 Å². The van der Waals surface area contributed by atoms with Crippen LogP contribution < -0.4 is 0 Å². The number of likely N-dealkylation sites (N-methyl/N-ethyl adjacent to an activating group) is 1. The molecule has 0 spiro atoms. The first kappa shape index (κ1) is 10.9. The zero-order valence-corrected chi connectivity index (χ0v) is 9.19. The highest BCUT2D eigenvalue weighted by molar-refractivity contribution is 5.72. The van der Waals surface area contributed by atoms with Crippen LogP contribution in [0.4, 0.5) is 0 Å². The average Bonchev–Trinajstić information content (AvgIpc) is 2.94. The lowest BCUT2D eigenvalue weighted by molar-refractivity contribution is -0.149. The van der Waals surface area contributed by atoms with Gasteiger partial charge < -0.3 is 9.84 Å². The van der Waals surface area contributed by atoms with Crippen molar-refractivity contribution in [2.75, 3.05) is 13.1 Å². The molecule has 0 radical (unpaired) electrons. The van der Waals surface area contributed by atoms with Crippen molar-refractivity contribution in [2.45, 2.75) is 50.9 Å². The van der Waals surface area contributed by atoms with E-state index in [0.29, 0.717) is 6.42 Å². The van der Waals surface area contributed by atoms with Gasteiger partial charge in [-0.25, -0.2) is 4.79 Å². The lowest BCUT2D eigenvalue weighted by atomic mass is 10.2. The van der Waals surface area contributed by atoms with Crippen LogP contribution in [0.1, 0.15) is 32.6 Å². The van der Waals surface area contributed by atoms with Gasteiger partial charge in [-0.2, -0.15) is 0 Å². The molecular formula is C11H19NO3. The minimum absolute atomic E-state index is 0.131. The number of ether oxygens (including phenoxy) is 1. The van der Waals surface area contributed by atoms with E-state index in [2.05, 4.69) is 11.8 Å². The number of carbonyl (C=O) groups is 1. The molecule has 0 amide bonds. The zero-order chi connectivity index (χ0) is 10.8. The van der Waals surface area contributed by atoms with Crippen molar-refractivity contribution in [2.24, 2.45) is 0 Å². The van der Waals surface area contributed by atoms with Gasteiger partial charge in [0.15, 0.2) is 6.10 Å². The van der Waals surface area contributed by atoms with Gasteiger partial charge in [0.05, 0.1) is 6.10 Å². The number of hydrogen-bond acceptors (Lipinski definition) is 3. The third kappa shape index (κ3) is 2.69. The largest absolute Gasteiger partial charge is 0.479 e. The Bertz CT molecular complexity index is 240. The van der Waals surface area contributed by atoms with Crippen LogP contribution >= 0.6 is 0 Å². The Kier molecular flexibility index (Phi) is 3.26. The van der Waals surface area contributed by atoms with Crippen LogP contribution in [0.25, 0.3) is 0 Å². The second kappa shape index (κ2) is 4.49. The molecule has 2 atom stereocenters. The molecule has 2 rings (SSSR count). The van der Waals surface area contributed by atoms with Crippen LogP contribution in [0.5, 0.6) is 0 Å². The Morgan fingerprint density at radius 1 is 1.40 bits per heavy atom. The molecule has 2 fully saturated rings. The quantitative estimate of drug-likeness (QED) is 0.743. The Balaban J connectivity index is 1.78. The molecule has 2 aliphatic rings. The van der Waals surface area contributed by atoms with Gasteiger partial charge in [0, 0.05) is 12.6 Å². The topological polar surface area (TPSA) is 49.8 Å².